The monoisotopic (exact) mass is 353 g/mol. The van der Waals surface area contributed by atoms with Crippen molar-refractivity contribution in [3.05, 3.63) is 53.7 Å². The van der Waals surface area contributed by atoms with Gasteiger partial charge in [0.25, 0.3) is 0 Å². The Balaban J connectivity index is 1.58. The number of rotatable bonds is 5. The number of fused-ring (bicyclic) bond motifs is 1. The number of carbonyl (C=O) groups excluding carboxylic acids is 1. The van der Waals surface area contributed by atoms with Crippen LogP contribution in [0, 0.1) is 0 Å². The molecule has 2 aromatic rings. The number of guanidine groups is 1. The molecular formula is C19H23N5O2. The Hall–Kier alpha value is -3.09. The second kappa shape index (κ2) is 8.33. The van der Waals surface area contributed by atoms with Crippen molar-refractivity contribution in [3.63, 3.8) is 0 Å². The van der Waals surface area contributed by atoms with Crippen LogP contribution in [0.4, 0.5) is 5.69 Å². The summed E-state index contributed by atoms with van der Waals surface area (Å²) in [6, 6.07) is 13.5. The Morgan fingerprint density at radius 1 is 1.27 bits per heavy atom. The minimum Gasteiger partial charge on any atom is -0.481 e. The van der Waals surface area contributed by atoms with E-state index in [4.69, 9.17) is 4.74 Å². The minimum absolute atomic E-state index is 0.0408. The van der Waals surface area contributed by atoms with Crippen molar-refractivity contribution >= 4 is 17.6 Å². The topological polar surface area (TPSA) is 87.6 Å². The molecule has 1 atom stereocenters. The van der Waals surface area contributed by atoms with Crippen LogP contribution in [0.15, 0.2) is 47.5 Å². The summed E-state index contributed by atoms with van der Waals surface area (Å²) < 4.78 is 5.14. The zero-order valence-electron chi connectivity index (χ0n) is 15.0. The van der Waals surface area contributed by atoms with Crippen LogP contribution in [0.2, 0.25) is 0 Å². The number of aromatic nitrogens is 1. The number of nitrogens with one attached hydrogen (secondary N) is 3. The Kier molecular flexibility index (Phi) is 5.68. The molecule has 0 saturated carbocycles. The summed E-state index contributed by atoms with van der Waals surface area (Å²) in [5.74, 6) is 1.39. The van der Waals surface area contributed by atoms with Crippen LogP contribution >= 0.6 is 0 Å². The molecule has 1 amide bonds. The van der Waals surface area contributed by atoms with Gasteiger partial charge >= 0.3 is 0 Å². The van der Waals surface area contributed by atoms with Crippen LogP contribution < -0.4 is 20.7 Å². The summed E-state index contributed by atoms with van der Waals surface area (Å²) in [6.45, 7) is 1.15. The van der Waals surface area contributed by atoms with Crippen molar-refractivity contribution in [2.24, 2.45) is 4.99 Å². The predicted octanol–water partition coefficient (Wildman–Crippen LogP) is 1.88. The van der Waals surface area contributed by atoms with E-state index >= 15 is 0 Å². The van der Waals surface area contributed by atoms with Crippen LogP contribution in [0.25, 0.3) is 0 Å². The maximum atomic E-state index is 11.9. The zero-order valence-corrected chi connectivity index (χ0v) is 15.0. The first-order chi connectivity index (χ1) is 12.7. The first-order valence-corrected chi connectivity index (χ1v) is 8.53. The molecule has 0 aliphatic carbocycles. The average Bonchev–Trinajstić information content (AvgIpc) is 2.68. The van der Waals surface area contributed by atoms with E-state index in [-0.39, 0.29) is 11.8 Å². The second-order valence-corrected chi connectivity index (χ2v) is 6.01. The lowest BCUT2D eigenvalue weighted by molar-refractivity contribution is -0.116. The lowest BCUT2D eigenvalue weighted by Crippen LogP contribution is -2.40. The fourth-order valence-corrected chi connectivity index (χ4v) is 2.97. The molecule has 0 radical (unpaired) electrons. The third-order valence-corrected chi connectivity index (χ3v) is 4.27. The van der Waals surface area contributed by atoms with E-state index in [1.807, 2.05) is 36.4 Å². The van der Waals surface area contributed by atoms with Gasteiger partial charge in [0.15, 0.2) is 5.96 Å². The molecule has 0 bridgehead atoms. The SMILES string of the molecule is CN=C(NCc1cccc(OC)n1)NCC1CC(=O)Nc2ccccc21. The molecule has 1 aliphatic heterocycles. The van der Waals surface area contributed by atoms with Crippen LogP contribution in [-0.4, -0.2) is 37.6 Å². The van der Waals surface area contributed by atoms with E-state index in [0.717, 1.165) is 16.9 Å². The highest BCUT2D eigenvalue weighted by atomic mass is 16.5. The number of benzene rings is 1. The zero-order chi connectivity index (χ0) is 18.4. The molecule has 1 unspecified atom stereocenters. The average molecular weight is 353 g/mol. The molecule has 2 heterocycles. The van der Waals surface area contributed by atoms with Crippen LogP contribution in [0.1, 0.15) is 23.6 Å². The molecule has 7 nitrogen and oxygen atoms in total. The molecule has 3 N–H and O–H groups in total. The molecule has 136 valence electrons. The highest BCUT2D eigenvalue weighted by Crippen LogP contribution is 2.31. The van der Waals surface area contributed by atoms with E-state index in [0.29, 0.717) is 31.3 Å². The number of ether oxygens (including phenoxy) is 1. The number of carbonyl (C=O) groups is 1. The standard InChI is InChI=1S/C19H23N5O2/c1-20-19(22-12-14-6-5-9-18(23-14)26-2)21-11-13-10-17(25)24-16-8-4-3-7-15(13)16/h3-9,13H,10-12H2,1-2H3,(H,24,25)(H2,20,21,22). The molecule has 0 fully saturated rings. The Morgan fingerprint density at radius 2 is 2.12 bits per heavy atom. The van der Waals surface area contributed by atoms with Gasteiger partial charge in [-0.2, -0.15) is 0 Å². The number of aliphatic imine (C=N–C) groups is 1. The molecule has 1 aliphatic rings. The number of hydrogen-bond donors (Lipinski definition) is 3. The normalized spacial score (nSPS) is 16.5. The van der Waals surface area contributed by atoms with E-state index in [2.05, 4.69) is 32.0 Å². The highest BCUT2D eigenvalue weighted by Gasteiger charge is 2.24. The van der Waals surface area contributed by atoms with Gasteiger partial charge < -0.3 is 20.7 Å². The lowest BCUT2D eigenvalue weighted by atomic mass is 9.90. The molecular weight excluding hydrogens is 330 g/mol. The number of methoxy groups -OCH3 is 1. The number of para-hydroxylation sites is 1. The number of amides is 1. The second-order valence-electron chi connectivity index (χ2n) is 6.01. The third kappa shape index (κ3) is 4.30. The number of nitrogens with zero attached hydrogens (tertiary/aromatic N) is 2. The molecule has 0 spiro atoms. The predicted molar refractivity (Wildman–Crippen MR) is 101 cm³/mol. The van der Waals surface area contributed by atoms with Gasteiger partial charge in [-0.1, -0.05) is 24.3 Å². The fraction of sp³-hybridized carbons (Fsp3) is 0.316. The Labute approximate surface area is 152 Å². The van der Waals surface area contributed by atoms with Crippen LogP contribution in [-0.2, 0) is 11.3 Å². The smallest absolute Gasteiger partial charge is 0.225 e. The van der Waals surface area contributed by atoms with Gasteiger partial charge in [0.2, 0.25) is 11.8 Å². The third-order valence-electron chi connectivity index (χ3n) is 4.27. The van der Waals surface area contributed by atoms with Crippen molar-refractivity contribution in [2.75, 3.05) is 26.0 Å². The number of pyridine rings is 1. The van der Waals surface area contributed by atoms with E-state index in [9.17, 15) is 4.79 Å². The van der Waals surface area contributed by atoms with Gasteiger partial charge in [-0.15, -0.1) is 0 Å². The molecule has 7 heteroatoms. The van der Waals surface area contributed by atoms with Crippen LogP contribution in [0.3, 0.4) is 0 Å². The summed E-state index contributed by atoms with van der Waals surface area (Å²) in [4.78, 5) is 20.5. The highest BCUT2D eigenvalue weighted by molar-refractivity contribution is 5.94. The summed E-state index contributed by atoms with van der Waals surface area (Å²) in [7, 11) is 3.31. The van der Waals surface area contributed by atoms with Gasteiger partial charge in [0.05, 0.1) is 19.3 Å². The quantitative estimate of drug-likeness (QED) is 0.564. The van der Waals surface area contributed by atoms with Gasteiger partial charge in [-0.25, -0.2) is 4.98 Å². The molecule has 26 heavy (non-hydrogen) atoms. The summed E-state index contributed by atoms with van der Waals surface area (Å²) in [6.07, 6.45) is 0.457. The Bertz CT molecular complexity index is 806. The largest absolute Gasteiger partial charge is 0.481 e. The van der Waals surface area contributed by atoms with Gasteiger partial charge in [0, 0.05) is 37.7 Å². The summed E-state index contributed by atoms with van der Waals surface area (Å²) in [5.41, 5.74) is 2.89. The van der Waals surface area contributed by atoms with Crippen molar-refractivity contribution in [1.29, 1.82) is 0 Å². The molecule has 0 saturated heterocycles. The van der Waals surface area contributed by atoms with E-state index in [1.54, 1.807) is 14.2 Å². The van der Waals surface area contributed by atoms with Gasteiger partial charge in [-0.05, 0) is 17.7 Å². The lowest BCUT2D eigenvalue weighted by Gasteiger charge is -2.26. The van der Waals surface area contributed by atoms with Crippen molar-refractivity contribution in [2.45, 2.75) is 18.9 Å². The number of anilines is 1. The molecule has 1 aromatic carbocycles. The minimum atomic E-state index is 0.0408. The van der Waals surface area contributed by atoms with Gasteiger partial charge in [-0.3, -0.25) is 9.79 Å². The summed E-state index contributed by atoms with van der Waals surface area (Å²) in [5, 5.41) is 9.45. The van der Waals surface area contributed by atoms with Gasteiger partial charge in [0.1, 0.15) is 0 Å². The van der Waals surface area contributed by atoms with Crippen LogP contribution in [0.5, 0.6) is 5.88 Å². The van der Waals surface area contributed by atoms with Crippen molar-refractivity contribution in [1.82, 2.24) is 15.6 Å². The first-order valence-electron chi connectivity index (χ1n) is 8.53. The number of hydrogen-bond acceptors (Lipinski definition) is 4. The maximum absolute atomic E-state index is 11.9. The maximum Gasteiger partial charge on any atom is 0.225 e. The molecule has 3 rings (SSSR count). The van der Waals surface area contributed by atoms with E-state index < -0.39 is 0 Å². The summed E-state index contributed by atoms with van der Waals surface area (Å²) >= 11 is 0. The first kappa shape index (κ1) is 17.7. The van der Waals surface area contributed by atoms with Crippen molar-refractivity contribution in [3.8, 4) is 5.88 Å². The molecule has 1 aromatic heterocycles. The Morgan fingerprint density at radius 3 is 2.92 bits per heavy atom. The fourth-order valence-electron chi connectivity index (χ4n) is 2.97. The van der Waals surface area contributed by atoms with Crippen molar-refractivity contribution < 1.29 is 9.53 Å². The van der Waals surface area contributed by atoms with E-state index in [1.165, 1.54) is 0 Å².